The largest absolute Gasteiger partial charge is 0.461 e. The molecule has 2 aliphatic rings. The number of cyclic esters (lactones) is 1. The molecule has 21 heavy (non-hydrogen) atoms. The third-order valence-corrected chi connectivity index (χ3v) is 4.55. The Labute approximate surface area is 125 Å². The van der Waals surface area contributed by atoms with E-state index in [-0.39, 0.29) is 30.6 Å². The minimum Gasteiger partial charge on any atom is -0.461 e. The number of ether oxygens (including phenoxy) is 3. The number of carbonyl (C=O) groups is 2. The van der Waals surface area contributed by atoms with Gasteiger partial charge in [0.25, 0.3) is 0 Å². The summed E-state index contributed by atoms with van der Waals surface area (Å²) in [5.74, 6) is -0.767. The molecular formula is C16H24O5. The fourth-order valence-corrected chi connectivity index (χ4v) is 3.27. The van der Waals surface area contributed by atoms with E-state index in [1.54, 1.807) is 27.9 Å². The van der Waals surface area contributed by atoms with Crippen LogP contribution < -0.4 is 0 Å². The second-order valence-corrected chi connectivity index (χ2v) is 7.14. The van der Waals surface area contributed by atoms with Gasteiger partial charge in [-0.15, -0.1) is 0 Å². The number of carbonyl (C=O) groups excluding carboxylic acids is 2. The van der Waals surface area contributed by atoms with E-state index in [1.807, 2.05) is 6.92 Å². The first-order valence-corrected chi connectivity index (χ1v) is 7.21. The predicted octanol–water partition coefficient (Wildman–Crippen LogP) is 2.10. The summed E-state index contributed by atoms with van der Waals surface area (Å²) in [4.78, 5) is 24.1. The molecule has 0 amide bonds. The molecule has 1 aliphatic heterocycles. The average Bonchev–Trinajstić information content (AvgIpc) is 2.79. The van der Waals surface area contributed by atoms with Crippen molar-refractivity contribution in [2.45, 2.75) is 46.3 Å². The zero-order valence-electron chi connectivity index (χ0n) is 13.4. The molecule has 4 atom stereocenters. The van der Waals surface area contributed by atoms with Crippen LogP contribution >= 0.6 is 0 Å². The molecule has 2 fully saturated rings. The molecule has 1 saturated heterocycles. The summed E-state index contributed by atoms with van der Waals surface area (Å²) >= 11 is 0. The highest BCUT2D eigenvalue weighted by atomic mass is 16.6. The molecular weight excluding hydrogens is 272 g/mol. The van der Waals surface area contributed by atoms with E-state index in [4.69, 9.17) is 14.2 Å². The van der Waals surface area contributed by atoms with Crippen LogP contribution in [0.4, 0.5) is 0 Å². The Morgan fingerprint density at radius 3 is 2.62 bits per heavy atom. The lowest BCUT2D eigenvalue weighted by Gasteiger charge is -2.26. The number of methoxy groups -OCH3 is 1. The summed E-state index contributed by atoms with van der Waals surface area (Å²) in [6, 6.07) is 0. The van der Waals surface area contributed by atoms with Crippen molar-refractivity contribution in [1.29, 1.82) is 0 Å². The number of rotatable bonds is 3. The van der Waals surface area contributed by atoms with Gasteiger partial charge in [0.2, 0.25) is 0 Å². The summed E-state index contributed by atoms with van der Waals surface area (Å²) in [7, 11) is 1.59. The van der Waals surface area contributed by atoms with Crippen LogP contribution in [0.5, 0.6) is 0 Å². The molecule has 0 spiro atoms. The average molecular weight is 296 g/mol. The first-order valence-electron chi connectivity index (χ1n) is 7.21. The first kappa shape index (κ1) is 16.0. The molecule has 2 rings (SSSR count). The zero-order chi connectivity index (χ0) is 16.0. The Hall–Kier alpha value is -1.36. The van der Waals surface area contributed by atoms with Crippen LogP contribution in [0.15, 0.2) is 12.2 Å². The Bertz CT molecular complexity index is 476. The molecule has 0 radical (unpaired) electrons. The zero-order valence-corrected chi connectivity index (χ0v) is 13.4. The van der Waals surface area contributed by atoms with Crippen LogP contribution in [0.1, 0.15) is 34.1 Å². The molecule has 1 aliphatic carbocycles. The lowest BCUT2D eigenvalue weighted by molar-refractivity contribution is -0.162. The molecule has 0 aromatic carbocycles. The maximum absolute atomic E-state index is 12.3. The van der Waals surface area contributed by atoms with Gasteiger partial charge >= 0.3 is 11.9 Å². The van der Waals surface area contributed by atoms with E-state index < -0.39 is 16.9 Å². The Morgan fingerprint density at radius 1 is 1.48 bits per heavy atom. The van der Waals surface area contributed by atoms with Gasteiger partial charge in [0.15, 0.2) is 0 Å². The standard InChI is InChI=1S/C16H24O5/c1-9-7-11(19-6)16(5)12(9)10(21-14(16)18)8-20-13(17)15(2,3)4/h10-12H,1,7-8H2,2-6H3/t10-,11+,12-,16-/m1/s1. The monoisotopic (exact) mass is 296 g/mol. The van der Waals surface area contributed by atoms with Crippen molar-refractivity contribution in [3.8, 4) is 0 Å². The second-order valence-electron chi connectivity index (χ2n) is 7.14. The predicted molar refractivity (Wildman–Crippen MR) is 76.4 cm³/mol. The van der Waals surface area contributed by atoms with Gasteiger partial charge in [0.05, 0.1) is 11.5 Å². The van der Waals surface area contributed by atoms with Crippen molar-refractivity contribution >= 4 is 11.9 Å². The van der Waals surface area contributed by atoms with Gasteiger partial charge in [-0.25, -0.2) is 0 Å². The Balaban J connectivity index is 2.12. The summed E-state index contributed by atoms with van der Waals surface area (Å²) in [6.07, 6.45) is -0.0662. The lowest BCUT2D eigenvalue weighted by Crippen LogP contribution is -2.38. The number of hydrogen-bond donors (Lipinski definition) is 0. The SMILES string of the molecule is C=C1C[C@H](OC)[C@@]2(C)C(=O)O[C@H](COC(=O)C(C)(C)C)[C@@H]12. The van der Waals surface area contributed by atoms with Gasteiger partial charge in [0.1, 0.15) is 18.1 Å². The van der Waals surface area contributed by atoms with Gasteiger partial charge in [-0.2, -0.15) is 0 Å². The smallest absolute Gasteiger partial charge is 0.315 e. The second kappa shape index (κ2) is 5.13. The highest BCUT2D eigenvalue weighted by molar-refractivity contribution is 5.82. The van der Waals surface area contributed by atoms with Gasteiger partial charge in [0, 0.05) is 13.0 Å². The van der Waals surface area contributed by atoms with Crippen molar-refractivity contribution in [3.05, 3.63) is 12.2 Å². The fraction of sp³-hybridized carbons (Fsp3) is 0.750. The van der Waals surface area contributed by atoms with E-state index in [9.17, 15) is 9.59 Å². The minimum atomic E-state index is -0.732. The van der Waals surface area contributed by atoms with Gasteiger partial charge in [-0.3, -0.25) is 9.59 Å². The van der Waals surface area contributed by atoms with Crippen LogP contribution in [-0.4, -0.2) is 37.9 Å². The summed E-state index contributed by atoms with van der Waals surface area (Å²) in [5.41, 5.74) is -0.384. The summed E-state index contributed by atoms with van der Waals surface area (Å²) in [6.45, 7) is 11.3. The first-order chi connectivity index (χ1) is 9.62. The third-order valence-electron chi connectivity index (χ3n) is 4.55. The van der Waals surface area contributed by atoms with Crippen molar-refractivity contribution in [2.75, 3.05) is 13.7 Å². The van der Waals surface area contributed by atoms with Crippen LogP contribution in [0.3, 0.4) is 0 Å². The molecule has 0 N–H and O–H groups in total. The lowest BCUT2D eigenvalue weighted by atomic mass is 9.77. The van der Waals surface area contributed by atoms with E-state index in [1.165, 1.54) is 0 Å². The Morgan fingerprint density at radius 2 is 2.10 bits per heavy atom. The molecule has 0 aromatic heterocycles. The summed E-state index contributed by atoms with van der Waals surface area (Å²) in [5, 5.41) is 0. The molecule has 5 heteroatoms. The van der Waals surface area contributed by atoms with Crippen LogP contribution in [-0.2, 0) is 23.8 Å². The van der Waals surface area contributed by atoms with E-state index in [0.29, 0.717) is 6.42 Å². The number of hydrogen-bond acceptors (Lipinski definition) is 5. The van der Waals surface area contributed by atoms with Crippen molar-refractivity contribution in [1.82, 2.24) is 0 Å². The molecule has 5 nitrogen and oxygen atoms in total. The maximum atomic E-state index is 12.3. The van der Waals surface area contributed by atoms with Crippen molar-refractivity contribution in [2.24, 2.45) is 16.7 Å². The molecule has 118 valence electrons. The van der Waals surface area contributed by atoms with Gasteiger partial charge in [-0.05, 0) is 34.1 Å². The topological polar surface area (TPSA) is 61.8 Å². The normalized spacial score (nSPS) is 35.6. The number of esters is 2. The molecule has 1 saturated carbocycles. The van der Waals surface area contributed by atoms with Crippen LogP contribution in [0.25, 0.3) is 0 Å². The molecule has 0 unspecified atom stereocenters. The van der Waals surface area contributed by atoms with Crippen LogP contribution in [0, 0.1) is 16.7 Å². The number of fused-ring (bicyclic) bond motifs is 1. The van der Waals surface area contributed by atoms with E-state index >= 15 is 0 Å². The maximum Gasteiger partial charge on any atom is 0.315 e. The van der Waals surface area contributed by atoms with Crippen molar-refractivity contribution < 1.29 is 23.8 Å². The third kappa shape index (κ3) is 2.48. The van der Waals surface area contributed by atoms with Gasteiger partial charge in [-0.1, -0.05) is 12.2 Å². The molecule has 0 aromatic rings. The van der Waals surface area contributed by atoms with Crippen LogP contribution in [0.2, 0.25) is 0 Å². The minimum absolute atomic E-state index is 0.0670. The Kier molecular flexibility index (Phi) is 3.91. The quantitative estimate of drug-likeness (QED) is 0.589. The summed E-state index contributed by atoms with van der Waals surface area (Å²) < 4.78 is 16.2. The van der Waals surface area contributed by atoms with Gasteiger partial charge < -0.3 is 14.2 Å². The van der Waals surface area contributed by atoms with E-state index in [2.05, 4.69) is 6.58 Å². The molecule has 0 bridgehead atoms. The van der Waals surface area contributed by atoms with Crippen molar-refractivity contribution in [3.63, 3.8) is 0 Å². The fourth-order valence-electron chi connectivity index (χ4n) is 3.27. The highest BCUT2D eigenvalue weighted by Gasteiger charge is 2.63. The highest BCUT2D eigenvalue weighted by Crippen LogP contribution is 2.54. The van der Waals surface area contributed by atoms with E-state index in [0.717, 1.165) is 5.57 Å². The molecule has 1 heterocycles.